The van der Waals surface area contributed by atoms with Crippen LogP contribution in [-0.2, 0) is 0 Å². The molecule has 147 valence electrons. The molecule has 1 aromatic heterocycles. The SMILES string of the molecule is [CH2]c1cc(C(=O)N2CCN(c3ccc(N4CCCC4)nc3)CC2)cc(F)c1O. The molecule has 3 heterocycles. The van der Waals surface area contributed by atoms with Crippen LogP contribution >= 0.6 is 0 Å². The van der Waals surface area contributed by atoms with Gasteiger partial charge in [0, 0.05) is 44.8 Å². The number of aromatic nitrogens is 1. The molecule has 2 fully saturated rings. The van der Waals surface area contributed by atoms with Gasteiger partial charge in [0.1, 0.15) is 5.82 Å². The van der Waals surface area contributed by atoms with E-state index < -0.39 is 11.6 Å². The van der Waals surface area contributed by atoms with Crippen LogP contribution in [0.25, 0.3) is 0 Å². The summed E-state index contributed by atoms with van der Waals surface area (Å²) >= 11 is 0. The Morgan fingerprint density at radius 3 is 2.36 bits per heavy atom. The second-order valence-electron chi connectivity index (χ2n) is 7.31. The second kappa shape index (κ2) is 7.66. The van der Waals surface area contributed by atoms with Gasteiger partial charge < -0.3 is 19.8 Å². The molecule has 0 unspecified atom stereocenters. The summed E-state index contributed by atoms with van der Waals surface area (Å²) < 4.78 is 13.7. The maximum atomic E-state index is 13.7. The molecule has 2 aliphatic rings. The molecule has 6 nitrogen and oxygen atoms in total. The van der Waals surface area contributed by atoms with E-state index in [1.54, 1.807) is 4.90 Å². The summed E-state index contributed by atoms with van der Waals surface area (Å²) in [4.78, 5) is 23.5. The maximum Gasteiger partial charge on any atom is 0.254 e. The average Bonchev–Trinajstić information content (AvgIpc) is 3.26. The molecular weight excluding hydrogens is 359 g/mol. The third kappa shape index (κ3) is 3.61. The van der Waals surface area contributed by atoms with E-state index >= 15 is 0 Å². The van der Waals surface area contributed by atoms with Gasteiger partial charge in [-0.05, 0) is 49.6 Å². The highest BCUT2D eigenvalue weighted by Crippen LogP contribution is 2.25. The van der Waals surface area contributed by atoms with Crippen molar-refractivity contribution in [1.82, 2.24) is 9.88 Å². The van der Waals surface area contributed by atoms with Gasteiger partial charge in [0.05, 0.1) is 11.9 Å². The van der Waals surface area contributed by atoms with Crippen molar-refractivity contribution in [2.45, 2.75) is 12.8 Å². The van der Waals surface area contributed by atoms with E-state index in [2.05, 4.69) is 33.8 Å². The van der Waals surface area contributed by atoms with Gasteiger partial charge in [0.15, 0.2) is 11.6 Å². The third-order valence-electron chi connectivity index (χ3n) is 5.48. The zero-order chi connectivity index (χ0) is 19.7. The average molecular weight is 383 g/mol. The van der Waals surface area contributed by atoms with Crippen molar-refractivity contribution in [3.63, 3.8) is 0 Å². The molecule has 2 aromatic rings. The van der Waals surface area contributed by atoms with Crippen molar-refractivity contribution < 1.29 is 14.3 Å². The Labute approximate surface area is 164 Å². The normalized spacial score (nSPS) is 17.3. The van der Waals surface area contributed by atoms with Crippen LogP contribution in [0, 0.1) is 12.7 Å². The smallest absolute Gasteiger partial charge is 0.254 e. The highest BCUT2D eigenvalue weighted by Gasteiger charge is 2.24. The van der Waals surface area contributed by atoms with Crippen molar-refractivity contribution in [3.05, 3.63) is 54.3 Å². The van der Waals surface area contributed by atoms with E-state index in [0.717, 1.165) is 30.7 Å². The Morgan fingerprint density at radius 1 is 1.04 bits per heavy atom. The number of aromatic hydroxyl groups is 1. The van der Waals surface area contributed by atoms with E-state index in [1.807, 2.05) is 6.20 Å². The van der Waals surface area contributed by atoms with E-state index in [9.17, 15) is 14.3 Å². The summed E-state index contributed by atoms with van der Waals surface area (Å²) in [5.41, 5.74) is 1.38. The van der Waals surface area contributed by atoms with Gasteiger partial charge in [-0.15, -0.1) is 0 Å². The fourth-order valence-corrected chi connectivity index (χ4v) is 3.83. The first kappa shape index (κ1) is 18.5. The Kier molecular flexibility index (Phi) is 5.07. The minimum atomic E-state index is -0.821. The molecule has 1 radical (unpaired) electrons. The van der Waals surface area contributed by atoms with Gasteiger partial charge in [0.2, 0.25) is 0 Å². The minimum Gasteiger partial charge on any atom is -0.505 e. The van der Waals surface area contributed by atoms with Crippen LogP contribution in [0.2, 0.25) is 0 Å². The fraction of sp³-hybridized carbons (Fsp3) is 0.381. The molecule has 0 bridgehead atoms. The summed E-state index contributed by atoms with van der Waals surface area (Å²) in [6, 6.07) is 6.64. The van der Waals surface area contributed by atoms with Gasteiger partial charge in [-0.3, -0.25) is 4.79 Å². The first-order chi connectivity index (χ1) is 13.5. The quantitative estimate of drug-likeness (QED) is 0.883. The molecule has 0 atom stereocenters. The zero-order valence-electron chi connectivity index (χ0n) is 15.8. The lowest BCUT2D eigenvalue weighted by molar-refractivity contribution is 0.0746. The standard InChI is InChI=1S/C21H24FN4O2/c1-15-12-16(13-18(22)20(15)27)21(28)26-10-8-24(9-11-26)17-4-5-19(23-14-17)25-6-2-3-7-25/h4-5,12-14,27H,1-3,6-11H2. The molecule has 2 aliphatic heterocycles. The number of halogens is 1. The third-order valence-corrected chi connectivity index (χ3v) is 5.48. The minimum absolute atomic E-state index is 0.117. The molecule has 2 saturated heterocycles. The number of carbonyl (C=O) groups is 1. The lowest BCUT2D eigenvalue weighted by Gasteiger charge is -2.36. The molecule has 0 aliphatic carbocycles. The van der Waals surface area contributed by atoms with Gasteiger partial charge >= 0.3 is 0 Å². The lowest BCUT2D eigenvalue weighted by atomic mass is 10.1. The Morgan fingerprint density at radius 2 is 1.75 bits per heavy atom. The van der Waals surface area contributed by atoms with Crippen LogP contribution in [0.5, 0.6) is 5.75 Å². The van der Waals surface area contributed by atoms with E-state index in [1.165, 1.54) is 18.9 Å². The number of phenolic OH excluding ortho intramolecular Hbond substituents is 1. The topological polar surface area (TPSA) is 59.9 Å². The summed E-state index contributed by atoms with van der Waals surface area (Å²) in [5.74, 6) is -0.552. The van der Waals surface area contributed by atoms with Crippen molar-refractivity contribution in [1.29, 1.82) is 0 Å². The van der Waals surface area contributed by atoms with Crippen molar-refractivity contribution >= 4 is 17.4 Å². The number of hydrogen-bond acceptors (Lipinski definition) is 5. The largest absolute Gasteiger partial charge is 0.505 e. The number of anilines is 2. The summed E-state index contributed by atoms with van der Waals surface area (Å²) in [5, 5.41) is 9.49. The Hall–Kier alpha value is -2.83. The Balaban J connectivity index is 1.38. The predicted octanol–water partition coefficient (Wildman–Crippen LogP) is 2.67. The lowest BCUT2D eigenvalue weighted by Crippen LogP contribution is -2.48. The van der Waals surface area contributed by atoms with Crippen LogP contribution in [0.1, 0.15) is 28.8 Å². The second-order valence-corrected chi connectivity index (χ2v) is 7.31. The number of piperazine rings is 1. The number of benzene rings is 1. The summed E-state index contributed by atoms with van der Waals surface area (Å²) in [6.07, 6.45) is 4.34. The number of amides is 1. The predicted molar refractivity (Wildman–Crippen MR) is 106 cm³/mol. The number of rotatable bonds is 3. The van der Waals surface area contributed by atoms with Crippen molar-refractivity contribution in [3.8, 4) is 5.75 Å². The summed E-state index contributed by atoms with van der Waals surface area (Å²) in [6.45, 7) is 8.18. The number of phenols is 1. The molecule has 7 heteroatoms. The van der Waals surface area contributed by atoms with Gasteiger partial charge in [-0.25, -0.2) is 9.37 Å². The zero-order valence-corrected chi connectivity index (χ0v) is 15.8. The highest BCUT2D eigenvalue weighted by molar-refractivity contribution is 5.95. The van der Waals surface area contributed by atoms with Crippen LogP contribution in [0.4, 0.5) is 15.9 Å². The molecule has 0 saturated carbocycles. The molecular formula is C21H24FN4O2. The van der Waals surface area contributed by atoms with Gasteiger partial charge in [-0.1, -0.05) is 0 Å². The van der Waals surface area contributed by atoms with Crippen LogP contribution in [0.15, 0.2) is 30.5 Å². The van der Waals surface area contributed by atoms with Crippen LogP contribution in [-0.4, -0.2) is 60.2 Å². The summed E-state index contributed by atoms with van der Waals surface area (Å²) in [7, 11) is 0. The van der Waals surface area contributed by atoms with Crippen LogP contribution < -0.4 is 9.80 Å². The van der Waals surface area contributed by atoms with E-state index in [4.69, 9.17) is 0 Å². The molecule has 0 spiro atoms. The van der Waals surface area contributed by atoms with Crippen molar-refractivity contribution in [2.24, 2.45) is 0 Å². The molecule has 28 heavy (non-hydrogen) atoms. The van der Waals surface area contributed by atoms with E-state index in [-0.39, 0.29) is 17.0 Å². The van der Waals surface area contributed by atoms with E-state index in [0.29, 0.717) is 26.2 Å². The first-order valence-electron chi connectivity index (χ1n) is 9.62. The van der Waals surface area contributed by atoms with Crippen LogP contribution in [0.3, 0.4) is 0 Å². The molecule has 1 amide bonds. The van der Waals surface area contributed by atoms with Gasteiger partial charge in [0.25, 0.3) is 5.91 Å². The molecule has 4 rings (SSSR count). The number of pyridine rings is 1. The number of hydrogen-bond donors (Lipinski definition) is 1. The monoisotopic (exact) mass is 383 g/mol. The molecule has 1 N–H and O–H groups in total. The Bertz CT molecular complexity index is 834. The van der Waals surface area contributed by atoms with Gasteiger partial charge in [-0.2, -0.15) is 0 Å². The fourth-order valence-electron chi connectivity index (χ4n) is 3.83. The molecule has 1 aromatic carbocycles. The maximum absolute atomic E-state index is 13.7. The highest BCUT2D eigenvalue weighted by atomic mass is 19.1. The number of nitrogens with zero attached hydrogens (tertiary/aromatic N) is 4. The first-order valence-corrected chi connectivity index (χ1v) is 9.62. The van der Waals surface area contributed by atoms with Crippen molar-refractivity contribution in [2.75, 3.05) is 49.1 Å². The number of carbonyl (C=O) groups excluding carboxylic acids is 1.